The van der Waals surface area contributed by atoms with Gasteiger partial charge in [-0.1, -0.05) is 12.1 Å². The lowest BCUT2D eigenvalue weighted by molar-refractivity contribution is -0.384. The third-order valence-corrected chi connectivity index (χ3v) is 4.65. The molecule has 148 valence electrons. The van der Waals surface area contributed by atoms with Crippen LogP contribution in [0.1, 0.15) is 15.9 Å². The van der Waals surface area contributed by atoms with Gasteiger partial charge in [-0.2, -0.15) is 0 Å². The van der Waals surface area contributed by atoms with Crippen LogP contribution in [0.15, 0.2) is 42.5 Å². The number of nitrogens with zero attached hydrogens (tertiary/aromatic N) is 2. The third kappa shape index (κ3) is 4.77. The summed E-state index contributed by atoms with van der Waals surface area (Å²) in [4.78, 5) is 25.4. The molecule has 0 atom stereocenters. The summed E-state index contributed by atoms with van der Waals surface area (Å²) in [7, 11) is 1.61. The first kappa shape index (κ1) is 19.6. The molecule has 0 radical (unpaired) electrons. The van der Waals surface area contributed by atoms with E-state index in [1.54, 1.807) is 13.2 Å². The van der Waals surface area contributed by atoms with Gasteiger partial charge in [0.25, 0.3) is 11.6 Å². The van der Waals surface area contributed by atoms with Gasteiger partial charge in [0, 0.05) is 31.8 Å². The van der Waals surface area contributed by atoms with Gasteiger partial charge in [0.2, 0.25) is 0 Å². The molecule has 1 saturated heterocycles. The topological polar surface area (TPSA) is 93.9 Å². The van der Waals surface area contributed by atoms with Crippen molar-refractivity contribution in [2.45, 2.75) is 6.42 Å². The Morgan fingerprint density at radius 1 is 1.21 bits per heavy atom. The Labute approximate surface area is 163 Å². The molecule has 0 spiro atoms. The van der Waals surface area contributed by atoms with E-state index in [9.17, 15) is 14.9 Å². The zero-order valence-corrected chi connectivity index (χ0v) is 15.7. The van der Waals surface area contributed by atoms with E-state index in [0.717, 1.165) is 11.3 Å². The molecular formula is C20H23N3O5. The van der Waals surface area contributed by atoms with Crippen molar-refractivity contribution >= 4 is 17.3 Å². The van der Waals surface area contributed by atoms with Gasteiger partial charge in [-0.05, 0) is 30.2 Å². The molecule has 8 heteroatoms. The highest BCUT2D eigenvalue weighted by Gasteiger charge is 2.21. The number of nitrogens with one attached hydrogen (secondary N) is 1. The molecule has 8 nitrogen and oxygen atoms in total. The number of rotatable bonds is 7. The second-order valence-corrected chi connectivity index (χ2v) is 6.41. The number of ether oxygens (including phenoxy) is 2. The SMILES string of the molecule is COc1ccc(CCNC(=O)c2cc([N+](=O)[O-])ccc2N2CCOCC2)cc1. The van der Waals surface area contributed by atoms with Crippen molar-refractivity contribution in [2.24, 2.45) is 0 Å². The van der Waals surface area contributed by atoms with E-state index in [0.29, 0.717) is 50.5 Å². The summed E-state index contributed by atoms with van der Waals surface area (Å²) >= 11 is 0. The van der Waals surface area contributed by atoms with Gasteiger partial charge >= 0.3 is 0 Å². The van der Waals surface area contributed by atoms with Crippen molar-refractivity contribution in [3.05, 3.63) is 63.7 Å². The molecule has 0 unspecified atom stereocenters. The summed E-state index contributed by atoms with van der Waals surface area (Å²) < 4.78 is 10.5. The van der Waals surface area contributed by atoms with Crippen LogP contribution in [0.3, 0.4) is 0 Å². The summed E-state index contributed by atoms with van der Waals surface area (Å²) in [6, 6.07) is 12.0. The first-order chi connectivity index (χ1) is 13.6. The summed E-state index contributed by atoms with van der Waals surface area (Å²) in [5.41, 5.74) is 1.97. The quantitative estimate of drug-likeness (QED) is 0.581. The van der Waals surface area contributed by atoms with Crippen LogP contribution in [0.5, 0.6) is 5.75 Å². The van der Waals surface area contributed by atoms with E-state index >= 15 is 0 Å². The van der Waals surface area contributed by atoms with Crippen LogP contribution in [-0.4, -0.2) is 50.8 Å². The van der Waals surface area contributed by atoms with Crippen LogP contribution in [0.4, 0.5) is 11.4 Å². The van der Waals surface area contributed by atoms with E-state index in [2.05, 4.69) is 5.32 Å². The lowest BCUT2D eigenvalue weighted by atomic mass is 10.1. The monoisotopic (exact) mass is 385 g/mol. The number of nitro groups is 1. The summed E-state index contributed by atoms with van der Waals surface area (Å²) in [5.74, 6) is 0.457. The lowest BCUT2D eigenvalue weighted by Gasteiger charge is -2.30. The number of carbonyl (C=O) groups is 1. The molecule has 0 bridgehead atoms. The fourth-order valence-corrected chi connectivity index (χ4v) is 3.11. The van der Waals surface area contributed by atoms with E-state index < -0.39 is 4.92 Å². The number of benzene rings is 2. The average molecular weight is 385 g/mol. The van der Waals surface area contributed by atoms with Crippen molar-refractivity contribution in [2.75, 3.05) is 44.9 Å². The summed E-state index contributed by atoms with van der Waals surface area (Å²) in [5, 5.41) is 14.0. The third-order valence-electron chi connectivity index (χ3n) is 4.65. The highest BCUT2D eigenvalue weighted by Crippen LogP contribution is 2.26. The smallest absolute Gasteiger partial charge is 0.270 e. The Morgan fingerprint density at radius 2 is 1.93 bits per heavy atom. The Bertz CT molecular complexity index is 832. The number of non-ortho nitro benzene ring substituents is 1. The van der Waals surface area contributed by atoms with E-state index in [4.69, 9.17) is 9.47 Å². The van der Waals surface area contributed by atoms with E-state index in [1.807, 2.05) is 29.2 Å². The fraction of sp³-hybridized carbons (Fsp3) is 0.350. The largest absolute Gasteiger partial charge is 0.497 e. The van der Waals surface area contributed by atoms with Crippen molar-refractivity contribution in [3.63, 3.8) is 0 Å². The zero-order chi connectivity index (χ0) is 19.9. The number of nitro benzene ring substituents is 1. The molecule has 0 saturated carbocycles. The maximum atomic E-state index is 12.8. The van der Waals surface area contributed by atoms with Crippen molar-refractivity contribution in [1.82, 2.24) is 5.32 Å². The van der Waals surface area contributed by atoms with E-state index in [1.165, 1.54) is 12.1 Å². The summed E-state index contributed by atoms with van der Waals surface area (Å²) in [6.07, 6.45) is 0.650. The number of hydrogen-bond donors (Lipinski definition) is 1. The van der Waals surface area contributed by atoms with Crippen molar-refractivity contribution in [3.8, 4) is 5.75 Å². The number of morpholine rings is 1. The summed E-state index contributed by atoms with van der Waals surface area (Å²) in [6.45, 7) is 2.84. The molecule has 2 aromatic rings. The molecule has 1 fully saturated rings. The normalized spacial score (nSPS) is 13.8. The second-order valence-electron chi connectivity index (χ2n) is 6.41. The van der Waals surface area contributed by atoms with Gasteiger partial charge < -0.3 is 19.7 Å². The number of hydrogen-bond acceptors (Lipinski definition) is 6. The van der Waals surface area contributed by atoms with E-state index in [-0.39, 0.29) is 11.6 Å². The number of methoxy groups -OCH3 is 1. The molecule has 3 rings (SSSR count). The minimum Gasteiger partial charge on any atom is -0.497 e. The maximum absolute atomic E-state index is 12.8. The second kappa shape index (κ2) is 9.18. The Kier molecular flexibility index (Phi) is 6.44. The molecule has 1 N–H and O–H groups in total. The fourth-order valence-electron chi connectivity index (χ4n) is 3.11. The van der Waals surface area contributed by atoms with Crippen LogP contribution in [0.2, 0.25) is 0 Å². The van der Waals surface area contributed by atoms with Gasteiger partial charge in [0.05, 0.1) is 36.5 Å². The minimum absolute atomic E-state index is 0.0997. The van der Waals surface area contributed by atoms with Gasteiger partial charge in [-0.25, -0.2) is 0 Å². The highest BCUT2D eigenvalue weighted by atomic mass is 16.6. The predicted molar refractivity (Wildman–Crippen MR) is 105 cm³/mol. The molecular weight excluding hydrogens is 362 g/mol. The van der Waals surface area contributed by atoms with Gasteiger partial charge in [-0.3, -0.25) is 14.9 Å². The maximum Gasteiger partial charge on any atom is 0.270 e. The molecule has 1 amide bonds. The molecule has 1 aliphatic heterocycles. The van der Waals surface area contributed by atoms with Gasteiger partial charge in [0.15, 0.2) is 0 Å². The van der Waals surface area contributed by atoms with Crippen LogP contribution in [0.25, 0.3) is 0 Å². The number of carbonyl (C=O) groups excluding carboxylic acids is 1. The molecule has 0 aromatic heterocycles. The Balaban J connectivity index is 1.70. The Morgan fingerprint density at radius 3 is 2.57 bits per heavy atom. The van der Waals surface area contributed by atoms with Crippen LogP contribution < -0.4 is 15.0 Å². The van der Waals surface area contributed by atoms with Crippen LogP contribution >= 0.6 is 0 Å². The van der Waals surface area contributed by atoms with Crippen molar-refractivity contribution in [1.29, 1.82) is 0 Å². The Hall–Kier alpha value is -3.13. The molecule has 1 aliphatic rings. The molecule has 2 aromatic carbocycles. The van der Waals surface area contributed by atoms with Gasteiger partial charge in [-0.15, -0.1) is 0 Å². The van der Waals surface area contributed by atoms with Crippen molar-refractivity contribution < 1.29 is 19.2 Å². The lowest BCUT2D eigenvalue weighted by Crippen LogP contribution is -2.38. The van der Waals surface area contributed by atoms with Gasteiger partial charge in [0.1, 0.15) is 5.75 Å². The highest BCUT2D eigenvalue weighted by molar-refractivity contribution is 6.00. The first-order valence-electron chi connectivity index (χ1n) is 9.11. The standard InChI is InChI=1S/C20H23N3O5/c1-27-17-5-2-15(3-6-17)8-9-21-20(24)18-14-16(23(25)26)4-7-19(18)22-10-12-28-13-11-22/h2-7,14H,8-13H2,1H3,(H,21,24). The molecule has 28 heavy (non-hydrogen) atoms. The van der Waals surface area contributed by atoms with Crippen LogP contribution in [0, 0.1) is 10.1 Å². The molecule has 1 heterocycles. The number of anilines is 1. The van der Waals surface area contributed by atoms with Crippen LogP contribution in [-0.2, 0) is 11.2 Å². The minimum atomic E-state index is -0.489. The predicted octanol–water partition coefficient (Wildman–Crippen LogP) is 2.41. The zero-order valence-electron chi connectivity index (χ0n) is 15.7. The molecule has 0 aliphatic carbocycles. The first-order valence-corrected chi connectivity index (χ1v) is 9.11. The average Bonchev–Trinajstić information content (AvgIpc) is 2.74. The number of amides is 1.